The van der Waals surface area contributed by atoms with Crippen LogP contribution in [0.15, 0.2) is 0 Å². The van der Waals surface area contributed by atoms with E-state index >= 15 is 0 Å². The highest BCUT2D eigenvalue weighted by molar-refractivity contribution is 7.54. The summed E-state index contributed by atoms with van der Waals surface area (Å²) in [7, 11) is -3.68. The number of ether oxygens (including phenoxy) is 5. The van der Waals surface area contributed by atoms with Crippen molar-refractivity contribution in [3.8, 4) is 0 Å². The van der Waals surface area contributed by atoms with Crippen molar-refractivity contribution in [1.29, 1.82) is 0 Å². The summed E-state index contributed by atoms with van der Waals surface area (Å²) >= 11 is 0. The molecule has 0 amide bonds. The zero-order chi connectivity index (χ0) is 23.2. The molecule has 3 aliphatic heterocycles. The van der Waals surface area contributed by atoms with Crippen molar-refractivity contribution in [2.75, 3.05) is 19.8 Å². The average Bonchev–Trinajstić information content (AvgIpc) is 3.24. The van der Waals surface area contributed by atoms with Crippen LogP contribution >= 0.6 is 7.60 Å². The smallest absolute Gasteiger partial charge is 0.349 e. The normalized spacial score (nSPS) is 35.8. The third kappa shape index (κ3) is 5.19. The maximum atomic E-state index is 13.6. The average molecular weight is 467 g/mol. The minimum atomic E-state index is -3.68. The Hall–Kier alpha value is -0.130. The Labute approximate surface area is 184 Å². The molecular formula is C20H38NO9P. The summed E-state index contributed by atoms with van der Waals surface area (Å²) in [6.45, 7) is 15.1. The van der Waals surface area contributed by atoms with Crippen molar-refractivity contribution in [2.24, 2.45) is 5.92 Å². The highest BCUT2D eigenvalue weighted by Crippen LogP contribution is 2.57. The van der Waals surface area contributed by atoms with Gasteiger partial charge in [-0.15, -0.1) is 5.06 Å². The molecule has 3 heterocycles. The van der Waals surface area contributed by atoms with E-state index in [0.717, 1.165) is 5.06 Å². The van der Waals surface area contributed by atoms with E-state index < -0.39 is 55.6 Å². The first-order chi connectivity index (χ1) is 14.3. The fourth-order valence-electron chi connectivity index (χ4n) is 4.51. The molecule has 6 atom stereocenters. The van der Waals surface area contributed by atoms with Crippen molar-refractivity contribution in [1.82, 2.24) is 5.06 Å². The van der Waals surface area contributed by atoms with Gasteiger partial charge in [0, 0.05) is 0 Å². The Morgan fingerprint density at radius 1 is 1.00 bits per heavy atom. The van der Waals surface area contributed by atoms with E-state index in [4.69, 9.17) is 32.7 Å². The molecule has 2 unspecified atom stereocenters. The molecule has 11 heteroatoms. The van der Waals surface area contributed by atoms with Crippen molar-refractivity contribution < 1.29 is 42.5 Å². The van der Waals surface area contributed by atoms with E-state index in [1.54, 1.807) is 13.8 Å². The van der Waals surface area contributed by atoms with E-state index in [1.165, 1.54) is 0 Å². The Morgan fingerprint density at radius 3 is 2.06 bits per heavy atom. The third-order valence-corrected chi connectivity index (χ3v) is 8.25. The minimum Gasteiger partial charge on any atom is -0.349 e. The first kappa shape index (κ1) is 25.5. The topological polar surface area (TPSA) is 105 Å². The van der Waals surface area contributed by atoms with Gasteiger partial charge in [0.1, 0.15) is 30.2 Å². The fraction of sp³-hybridized carbons (Fsp3) is 1.00. The number of hydrogen-bond donors (Lipinski definition) is 1. The van der Waals surface area contributed by atoms with Crippen molar-refractivity contribution in [3.63, 3.8) is 0 Å². The van der Waals surface area contributed by atoms with Gasteiger partial charge < -0.3 is 37.9 Å². The highest BCUT2D eigenvalue weighted by atomic mass is 31.2. The summed E-state index contributed by atoms with van der Waals surface area (Å²) < 4.78 is 54.8. The van der Waals surface area contributed by atoms with Crippen molar-refractivity contribution in [3.05, 3.63) is 0 Å². The monoisotopic (exact) mass is 467 g/mol. The quantitative estimate of drug-likeness (QED) is 0.401. The van der Waals surface area contributed by atoms with Crippen LogP contribution in [-0.2, 0) is 37.3 Å². The van der Waals surface area contributed by atoms with Gasteiger partial charge in [0.15, 0.2) is 17.8 Å². The molecule has 3 fully saturated rings. The standard InChI is InChI=1S/C20H38NO9P/c1-9-25-31(23,26-10-2)18(12(3)4)21(22)17-16-15(29-20(7,8)30-16)14(27-17)13-11-24-19(5,6)28-13/h12-18,22H,9-11H2,1-8H3/t13?,14-,15+,16+,17+,18?/m1/s1. The maximum absolute atomic E-state index is 13.6. The molecule has 0 radical (unpaired) electrons. The lowest BCUT2D eigenvalue weighted by molar-refractivity contribution is -0.279. The van der Waals surface area contributed by atoms with Crippen molar-refractivity contribution >= 4 is 7.60 Å². The second-order valence-corrected chi connectivity index (χ2v) is 11.5. The Bertz CT molecular complexity index is 663. The zero-order valence-corrected chi connectivity index (χ0v) is 20.7. The second kappa shape index (κ2) is 9.25. The molecule has 31 heavy (non-hydrogen) atoms. The van der Waals surface area contributed by atoms with Gasteiger partial charge in [0.25, 0.3) is 0 Å². The van der Waals surface area contributed by atoms with Gasteiger partial charge in [-0.05, 0) is 47.5 Å². The van der Waals surface area contributed by atoms with Gasteiger partial charge in [0.2, 0.25) is 0 Å². The van der Waals surface area contributed by atoms with Gasteiger partial charge in [-0.3, -0.25) is 4.57 Å². The molecule has 0 aromatic rings. The van der Waals surface area contributed by atoms with Crippen LogP contribution < -0.4 is 0 Å². The summed E-state index contributed by atoms with van der Waals surface area (Å²) in [4.78, 5) is 0. The lowest BCUT2D eigenvalue weighted by Gasteiger charge is -2.38. The lowest BCUT2D eigenvalue weighted by atomic mass is 10.1. The number of fused-ring (bicyclic) bond motifs is 1. The predicted molar refractivity (Wildman–Crippen MR) is 111 cm³/mol. The summed E-state index contributed by atoms with van der Waals surface area (Å²) in [5.41, 5.74) is 0. The highest BCUT2D eigenvalue weighted by Gasteiger charge is 2.62. The van der Waals surface area contributed by atoms with E-state index in [0.29, 0.717) is 6.61 Å². The molecule has 182 valence electrons. The summed E-state index contributed by atoms with van der Waals surface area (Å²) in [6.07, 6.45) is -3.02. The summed E-state index contributed by atoms with van der Waals surface area (Å²) in [5, 5.41) is 12.2. The Balaban J connectivity index is 1.89. The number of rotatable bonds is 9. The van der Waals surface area contributed by atoms with Crippen LogP contribution in [0.5, 0.6) is 0 Å². The largest absolute Gasteiger partial charge is 0.350 e. The number of hydrogen-bond acceptors (Lipinski definition) is 10. The molecule has 0 bridgehead atoms. The van der Waals surface area contributed by atoms with E-state index in [-0.39, 0.29) is 19.1 Å². The molecule has 0 spiro atoms. The van der Waals surface area contributed by atoms with Gasteiger partial charge in [-0.2, -0.15) is 0 Å². The van der Waals surface area contributed by atoms with E-state index in [9.17, 15) is 9.77 Å². The van der Waals surface area contributed by atoms with E-state index in [2.05, 4.69) is 0 Å². The summed E-state index contributed by atoms with van der Waals surface area (Å²) in [5.74, 6) is -2.84. The molecule has 10 nitrogen and oxygen atoms in total. The molecule has 0 aromatic heterocycles. The van der Waals surface area contributed by atoms with Crippen LogP contribution in [0.25, 0.3) is 0 Å². The molecule has 0 aromatic carbocycles. The molecular weight excluding hydrogens is 429 g/mol. The molecule has 1 N–H and O–H groups in total. The van der Waals surface area contributed by atoms with Gasteiger partial charge in [-0.1, -0.05) is 13.8 Å². The molecule has 0 saturated carbocycles. The van der Waals surface area contributed by atoms with Gasteiger partial charge in [0.05, 0.1) is 19.8 Å². The SMILES string of the molecule is CCOP(=O)(OCC)C(C(C)C)N(O)[C@H]1O[C@H](C2COC(C)(C)O2)[C@@H]2OC(C)(C)O[C@@H]21. The number of hydroxylamine groups is 2. The lowest BCUT2D eigenvalue weighted by Crippen LogP contribution is -2.49. The summed E-state index contributed by atoms with van der Waals surface area (Å²) in [6, 6.07) is 0. The Kier molecular flexibility index (Phi) is 7.61. The maximum Gasteiger partial charge on any atom is 0.350 e. The minimum absolute atomic E-state index is 0.184. The van der Waals surface area contributed by atoms with E-state index in [1.807, 2.05) is 41.5 Å². The third-order valence-electron chi connectivity index (χ3n) is 5.53. The van der Waals surface area contributed by atoms with Crippen LogP contribution in [0.4, 0.5) is 0 Å². The fourth-order valence-corrected chi connectivity index (χ4v) is 6.76. The Morgan fingerprint density at radius 2 is 1.58 bits per heavy atom. The van der Waals surface area contributed by atoms with Crippen LogP contribution in [-0.4, -0.2) is 78.1 Å². The van der Waals surface area contributed by atoms with Gasteiger partial charge in [-0.25, -0.2) is 0 Å². The van der Waals surface area contributed by atoms with Crippen LogP contribution in [0, 0.1) is 5.92 Å². The molecule has 0 aliphatic carbocycles. The van der Waals surface area contributed by atoms with Gasteiger partial charge >= 0.3 is 7.60 Å². The van der Waals surface area contributed by atoms with Crippen LogP contribution in [0.3, 0.4) is 0 Å². The zero-order valence-electron chi connectivity index (χ0n) is 19.8. The van der Waals surface area contributed by atoms with Crippen LogP contribution in [0.1, 0.15) is 55.4 Å². The second-order valence-electron chi connectivity index (χ2n) is 9.34. The first-order valence-corrected chi connectivity index (χ1v) is 12.6. The molecule has 3 rings (SSSR count). The predicted octanol–water partition coefficient (Wildman–Crippen LogP) is 3.32. The molecule has 3 aliphatic rings. The van der Waals surface area contributed by atoms with Crippen LogP contribution in [0.2, 0.25) is 0 Å². The number of nitrogens with zero attached hydrogens (tertiary/aromatic N) is 1. The first-order valence-electron chi connectivity index (χ1n) is 11.0. The van der Waals surface area contributed by atoms with Crippen molar-refractivity contribution in [2.45, 2.75) is 103 Å². The molecule has 3 saturated heterocycles.